The Labute approximate surface area is 90.8 Å². The van der Waals surface area contributed by atoms with Gasteiger partial charge in [0.25, 0.3) is 0 Å². The Balaban J connectivity index is 2.75. The number of nitrogens with zero attached hydrogens (tertiary/aromatic N) is 1. The highest BCUT2D eigenvalue weighted by molar-refractivity contribution is 6.03. The molecule has 86 valence electrons. The summed E-state index contributed by atoms with van der Waals surface area (Å²) in [5, 5.41) is 0. The molecule has 2 N–H and O–H groups in total. The summed E-state index contributed by atoms with van der Waals surface area (Å²) in [6.07, 6.45) is 0.980. The smallest absolute Gasteiger partial charge is 0.237 e. The van der Waals surface area contributed by atoms with Crippen LogP contribution in [0.1, 0.15) is 34.1 Å². The molecule has 0 aromatic carbocycles. The highest BCUT2D eigenvalue weighted by Gasteiger charge is 2.41. The average molecular weight is 212 g/mol. The molecule has 0 aromatic heterocycles. The van der Waals surface area contributed by atoms with Crippen molar-refractivity contribution in [1.29, 1.82) is 0 Å². The summed E-state index contributed by atoms with van der Waals surface area (Å²) in [4.78, 5) is 24.9. The molecule has 0 bridgehead atoms. The van der Waals surface area contributed by atoms with Crippen LogP contribution in [0.3, 0.4) is 0 Å². The van der Waals surface area contributed by atoms with Crippen molar-refractivity contribution in [2.75, 3.05) is 13.1 Å². The number of nitrogens with two attached hydrogens (primary N) is 1. The van der Waals surface area contributed by atoms with Crippen LogP contribution >= 0.6 is 0 Å². The van der Waals surface area contributed by atoms with Crippen LogP contribution in [0.15, 0.2) is 0 Å². The summed E-state index contributed by atoms with van der Waals surface area (Å²) < 4.78 is 0. The molecule has 0 aromatic rings. The largest absolute Gasteiger partial charge is 0.369 e. The summed E-state index contributed by atoms with van der Waals surface area (Å²) >= 11 is 0. The first-order valence-electron chi connectivity index (χ1n) is 5.26. The highest BCUT2D eigenvalue weighted by atomic mass is 16.2. The van der Waals surface area contributed by atoms with Crippen LogP contribution in [-0.2, 0) is 9.59 Å². The van der Waals surface area contributed by atoms with Gasteiger partial charge in [0.1, 0.15) is 5.41 Å². The van der Waals surface area contributed by atoms with E-state index in [0.29, 0.717) is 6.54 Å². The van der Waals surface area contributed by atoms with Gasteiger partial charge in [-0.25, -0.2) is 0 Å². The van der Waals surface area contributed by atoms with Gasteiger partial charge in [-0.1, -0.05) is 13.8 Å². The van der Waals surface area contributed by atoms with Gasteiger partial charge in [0.2, 0.25) is 11.8 Å². The number of amides is 2. The Morgan fingerprint density at radius 1 is 1.33 bits per heavy atom. The van der Waals surface area contributed by atoms with Gasteiger partial charge in [0, 0.05) is 13.1 Å². The first-order chi connectivity index (χ1) is 6.67. The van der Waals surface area contributed by atoms with Crippen LogP contribution in [0.5, 0.6) is 0 Å². The van der Waals surface area contributed by atoms with Gasteiger partial charge in [-0.3, -0.25) is 9.59 Å². The van der Waals surface area contributed by atoms with Crippen LogP contribution in [0, 0.1) is 10.8 Å². The number of likely N-dealkylation sites (tertiary alicyclic amines) is 1. The maximum Gasteiger partial charge on any atom is 0.237 e. The zero-order valence-electron chi connectivity index (χ0n) is 9.96. The number of primary amides is 1. The lowest BCUT2D eigenvalue weighted by atomic mass is 9.90. The van der Waals surface area contributed by atoms with E-state index in [1.54, 1.807) is 18.7 Å². The second-order valence-electron chi connectivity index (χ2n) is 5.63. The second-order valence-corrected chi connectivity index (χ2v) is 5.63. The van der Waals surface area contributed by atoms with Crippen molar-refractivity contribution >= 4 is 11.8 Å². The molecule has 0 atom stereocenters. The van der Waals surface area contributed by atoms with Crippen LogP contribution in [-0.4, -0.2) is 29.8 Å². The fourth-order valence-electron chi connectivity index (χ4n) is 1.79. The number of hydrogen-bond acceptors (Lipinski definition) is 2. The van der Waals surface area contributed by atoms with Crippen molar-refractivity contribution in [1.82, 2.24) is 4.90 Å². The zero-order chi connectivity index (χ0) is 11.9. The third kappa shape index (κ3) is 2.30. The summed E-state index contributed by atoms with van der Waals surface area (Å²) in [5.41, 5.74) is 4.29. The Hall–Kier alpha value is -1.06. The van der Waals surface area contributed by atoms with Crippen LogP contribution < -0.4 is 5.73 Å². The molecule has 0 unspecified atom stereocenters. The van der Waals surface area contributed by atoms with Crippen molar-refractivity contribution in [3.8, 4) is 0 Å². The van der Waals surface area contributed by atoms with Gasteiger partial charge >= 0.3 is 0 Å². The van der Waals surface area contributed by atoms with E-state index in [-0.39, 0.29) is 11.3 Å². The lowest BCUT2D eigenvalue weighted by molar-refractivity contribution is -0.146. The molecule has 4 heteroatoms. The quantitative estimate of drug-likeness (QED) is 0.687. The summed E-state index contributed by atoms with van der Waals surface area (Å²) in [6.45, 7) is 8.85. The normalized spacial score (nSPS) is 20.4. The topological polar surface area (TPSA) is 63.4 Å². The second kappa shape index (κ2) is 3.51. The third-order valence-electron chi connectivity index (χ3n) is 3.12. The first-order valence-corrected chi connectivity index (χ1v) is 5.26. The molecule has 1 rings (SSSR count). The van der Waals surface area contributed by atoms with E-state index in [1.165, 1.54) is 0 Å². The van der Waals surface area contributed by atoms with Crippen molar-refractivity contribution in [3.63, 3.8) is 0 Å². The van der Waals surface area contributed by atoms with E-state index < -0.39 is 11.3 Å². The van der Waals surface area contributed by atoms with Gasteiger partial charge in [-0.15, -0.1) is 0 Å². The molecule has 1 aliphatic rings. The summed E-state index contributed by atoms with van der Waals surface area (Å²) in [5.74, 6) is -0.710. The fraction of sp³-hybridized carbons (Fsp3) is 0.818. The minimum absolute atomic E-state index is 0.152. The molecule has 0 spiro atoms. The summed E-state index contributed by atoms with van der Waals surface area (Å²) in [7, 11) is 0. The molecular formula is C11H20N2O2. The number of carbonyl (C=O) groups excluding carboxylic acids is 2. The molecule has 1 aliphatic heterocycles. The average Bonchev–Trinajstić information content (AvgIpc) is 2.44. The Morgan fingerprint density at radius 2 is 1.87 bits per heavy atom. The van der Waals surface area contributed by atoms with Crippen molar-refractivity contribution in [2.24, 2.45) is 16.6 Å². The minimum Gasteiger partial charge on any atom is -0.369 e. The number of rotatable bonds is 2. The molecule has 1 fully saturated rings. The van der Waals surface area contributed by atoms with Crippen LogP contribution in [0.4, 0.5) is 0 Å². The van der Waals surface area contributed by atoms with E-state index in [0.717, 1.165) is 13.0 Å². The van der Waals surface area contributed by atoms with Gasteiger partial charge < -0.3 is 10.6 Å². The molecule has 0 radical (unpaired) electrons. The van der Waals surface area contributed by atoms with Gasteiger partial charge in [0.05, 0.1) is 0 Å². The molecule has 4 nitrogen and oxygen atoms in total. The fourth-order valence-corrected chi connectivity index (χ4v) is 1.79. The minimum atomic E-state index is -1.08. The van der Waals surface area contributed by atoms with Gasteiger partial charge in [-0.05, 0) is 25.7 Å². The zero-order valence-corrected chi connectivity index (χ0v) is 9.96. The van der Waals surface area contributed by atoms with Crippen molar-refractivity contribution in [2.45, 2.75) is 34.1 Å². The first kappa shape index (κ1) is 12.0. The maximum absolute atomic E-state index is 12.0. The van der Waals surface area contributed by atoms with E-state index >= 15 is 0 Å². The predicted octanol–water partition coefficient (Wildman–Crippen LogP) is 0.756. The number of hydrogen-bond donors (Lipinski definition) is 1. The molecule has 2 amide bonds. The molecule has 1 heterocycles. The SMILES string of the molecule is CC1(C)CCN(C(=O)C(C)(C)C(N)=O)C1. The van der Waals surface area contributed by atoms with Crippen molar-refractivity contribution < 1.29 is 9.59 Å². The van der Waals surface area contributed by atoms with E-state index in [4.69, 9.17) is 5.73 Å². The van der Waals surface area contributed by atoms with E-state index in [1.807, 2.05) is 0 Å². The predicted molar refractivity (Wildman–Crippen MR) is 58.0 cm³/mol. The lowest BCUT2D eigenvalue weighted by Crippen LogP contribution is -2.47. The molecule has 1 saturated heterocycles. The standard InChI is InChI=1S/C11H20N2O2/c1-10(2)5-6-13(7-10)9(15)11(3,4)8(12)14/h5-7H2,1-4H3,(H2,12,14). The third-order valence-corrected chi connectivity index (χ3v) is 3.12. The monoisotopic (exact) mass is 212 g/mol. The molecule has 0 saturated carbocycles. The lowest BCUT2D eigenvalue weighted by Gasteiger charge is -2.27. The highest BCUT2D eigenvalue weighted by Crippen LogP contribution is 2.31. The van der Waals surface area contributed by atoms with Gasteiger partial charge in [0.15, 0.2) is 0 Å². The number of carbonyl (C=O) groups is 2. The Kier molecular flexibility index (Phi) is 2.81. The molecular weight excluding hydrogens is 192 g/mol. The van der Waals surface area contributed by atoms with E-state index in [9.17, 15) is 9.59 Å². The maximum atomic E-state index is 12.0. The van der Waals surface area contributed by atoms with Crippen LogP contribution in [0.25, 0.3) is 0 Å². The van der Waals surface area contributed by atoms with Crippen LogP contribution in [0.2, 0.25) is 0 Å². The van der Waals surface area contributed by atoms with Gasteiger partial charge in [-0.2, -0.15) is 0 Å². The Bertz CT molecular complexity index is 295. The van der Waals surface area contributed by atoms with E-state index in [2.05, 4.69) is 13.8 Å². The summed E-state index contributed by atoms with van der Waals surface area (Å²) in [6, 6.07) is 0. The Morgan fingerprint density at radius 3 is 2.20 bits per heavy atom. The molecule has 15 heavy (non-hydrogen) atoms. The van der Waals surface area contributed by atoms with Crippen molar-refractivity contribution in [3.05, 3.63) is 0 Å². The molecule has 0 aliphatic carbocycles.